The fourth-order valence-electron chi connectivity index (χ4n) is 1.16. The van der Waals surface area contributed by atoms with E-state index in [9.17, 15) is 4.79 Å². The van der Waals surface area contributed by atoms with Gasteiger partial charge in [-0.3, -0.25) is 4.79 Å². The third-order valence-corrected chi connectivity index (χ3v) is 1.91. The summed E-state index contributed by atoms with van der Waals surface area (Å²) in [6.07, 6.45) is 1.48. The molecule has 0 spiro atoms. The Balaban J connectivity index is 2.77. The highest BCUT2D eigenvalue weighted by atomic mass is 16.3. The molecule has 0 aliphatic carbocycles. The van der Waals surface area contributed by atoms with Crippen molar-refractivity contribution in [1.82, 2.24) is 9.97 Å². The lowest BCUT2D eigenvalue weighted by atomic mass is 10.2. The fraction of sp³-hybridized carbons (Fsp3) is 0.333. The van der Waals surface area contributed by atoms with E-state index in [-0.39, 0.29) is 11.5 Å². The van der Waals surface area contributed by atoms with Crippen LogP contribution in [0.4, 0.5) is 0 Å². The summed E-state index contributed by atoms with van der Waals surface area (Å²) < 4.78 is 5.09. The lowest BCUT2D eigenvalue weighted by Crippen LogP contribution is -2.11. The highest BCUT2D eigenvalue weighted by Gasteiger charge is 2.07. The second kappa shape index (κ2) is 2.73. The number of aromatic amines is 1. The predicted octanol–water partition coefficient (Wildman–Crippen LogP) is 1.64. The molecule has 2 aromatic rings. The van der Waals surface area contributed by atoms with Gasteiger partial charge in [-0.2, -0.15) is 4.98 Å². The first-order valence-corrected chi connectivity index (χ1v) is 4.16. The molecule has 0 fully saturated rings. The molecule has 0 aliphatic rings. The van der Waals surface area contributed by atoms with Gasteiger partial charge in [-0.25, -0.2) is 0 Å². The van der Waals surface area contributed by atoms with E-state index in [2.05, 4.69) is 9.97 Å². The summed E-state index contributed by atoms with van der Waals surface area (Å²) in [5.41, 5.74) is 0.273. The molecule has 2 heterocycles. The Labute approximate surface area is 74.6 Å². The first kappa shape index (κ1) is 8.04. The molecule has 0 aliphatic heterocycles. The smallest absolute Gasteiger partial charge is 0.284 e. The standard InChI is InChI=1S/C9H10N2O2/c1-5(2)7-10-8(12)6-3-4-13-9(6)11-7/h3-5H,1-2H3,(H,10,11,12). The van der Waals surface area contributed by atoms with E-state index >= 15 is 0 Å². The quantitative estimate of drug-likeness (QED) is 0.722. The lowest BCUT2D eigenvalue weighted by Gasteiger charge is -2.01. The van der Waals surface area contributed by atoms with Gasteiger partial charge < -0.3 is 9.40 Å². The molecule has 0 bridgehead atoms. The molecular weight excluding hydrogens is 168 g/mol. The van der Waals surface area contributed by atoms with Crippen LogP contribution in [-0.4, -0.2) is 9.97 Å². The topological polar surface area (TPSA) is 58.9 Å². The summed E-state index contributed by atoms with van der Waals surface area (Å²) in [6.45, 7) is 3.93. The molecule has 4 heteroatoms. The second-order valence-electron chi connectivity index (χ2n) is 3.25. The van der Waals surface area contributed by atoms with Crippen LogP contribution in [0.15, 0.2) is 21.5 Å². The number of nitrogens with zero attached hydrogens (tertiary/aromatic N) is 1. The van der Waals surface area contributed by atoms with E-state index in [0.717, 1.165) is 0 Å². The van der Waals surface area contributed by atoms with Gasteiger partial charge in [0.1, 0.15) is 11.2 Å². The molecule has 0 saturated carbocycles. The second-order valence-corrected chi connectivity index (χ2v) is 3.25. The molecule has 0 aromatic carbocycles. The van der Waals surface area contributed by atoms with Crippen molar-refractivity contribution in [1.29, 1.82) is 0 Å². The zero-order valence-corrected chi connectivity index (χ0v) is 7.50. The van der Waals surface area contributed by atoms with E-state index < -0.39 is 0 Å². The minimum Gasteiger partial charge on any atom is -0.448 e. The Morgan fingerprint density at radius 3 is 3.00 bits per heavy atom. The van der Waals surface area contributed by atoms with Crippen molar-refractivity contribution < 1.29 is 4.42 Å². The average Bonchev–Trinajstić information content (AvgIpc) is 2.51. The van der Waals surface area contributed by atoms with E-state index in [0.29, 0.717) is 16.9 Å². The van der Waals surface area contributed by atoms with Gasteiger partial charge in [-0.15, -0.1) is 0 Å². The SMILES string of the molecule is CC(C)c1nc(=O)c2ccoc2[nH]1. The van der Waals surface area contributed by atoms with Crippen LogP contribution in [0.3, 0.4) is 0 Å². The van der Waals surface area contributed by atoms with Gasteiger partial charge >= 0.3 is 0 Å². The summed E-state index contributed by atoms with van der Waals surface area (Å²) in [4.78, 5) is 18.2. The minimum absolute atomic E-state index is 0.196. The highest BCUT2D eigenvalue weighted by molar-refractivity contribution is 5.71. The molecule has 4 nitrogen and oxygen atoms in total. The molecule has 68 valence electrons. The van der Waals surface area contributed by atoms with Crippen molar-refractivity contribution in [2.75, 3.05) is 0 Å². The van der Waals surface area contributed by atoms with Crippen molar-refractivity contribution in [2.24, 2.45) is 0 Å². The highest BCUT2D eigenvalue weighted by Crippen LogP contribution is 2.12. The lowest BCUT2D eigenvalue weighted by molar-refractivity contribution is 0.595. The number of furan rings is 1. The van der Waals surface area contributed by atoms with Crippen LogP contribution in [-0.2, 0) is 0 Å². The Morgan fingerprint density at radius 2 is 2.31 bits per heavy atom. The molecule has 0 unspecified atom stereocenters. The molecule has 0 radical (unpaired) electrons. The third-order valence-electron chi connectivity index (χ3n) is 1.91. The van der Waals surface area contributed by atoms with Crippen LogP contribution >= 0.6 is 0 Å². The third kappa shape index (κ3) is 1.24. The number of fused-ring (bicyclic) bond motifs is 1. The van der Waals surface area contributed by atoms with Crippen LogP contribution in [0.2, 0.25) is 0 Å². The van der Waals surface area contributed by atoms with Gasteiger partial charge in [0.05, 0.1) is 6.26 Å². The van der Waals surface area contributed by atoms with Crippen LogP contribution < -0.4 is 5.56 Å². The van der Waals surface area contributed by atoms with E-state index in [4.69, 9.17) is 4.42 Å². The molecule has 0 amide bonds. The first-order valence-electron chi connectivity index (χ1n) is 4.16. The zero-order valence-electron chi connectivity index (χ0n) is 7.50. The van der Waals surface area contributed by atoms with Crippen LogP contribution in [0.1, 0.15) is 25.6 Å². The number of aromatic nitrogens is 2. The maximum absolute atomic E-state index is 11.4. The first-order chi connectivity index (χ1) is 6.18. The molecule has 0 atom stereocenters. The van der Waals surface area contributed by atoms with Gasteiger partial charge in [0.2, 0.25) is 5.71 Å². The van der Waals surface area contributed by atoms with Crippen molar-refractivity contribution in [3.8, 4) is 0 Å². The van der Waals surface area contributed by atoms with Crippen molar-refractivity contribution in [3.05, 3.63) is 28.5 Å². The van der Waals surface area contributed by atoms with Crippen LogP contribution in [0.5, 0.6) is 0 Å². The van der Waals surface area contributed by atoms with E-state index in [1.807, 2.05) is 13.8 Å². The van der Waals surface area contributed by atoms with Gasteiger partial charge in [-0.05, 0) is 6.07 Å². The molecule has 13 heavy (non-hydrogen) atoms. The number of hydrogen-bond acceptors (Lipinski definition) is 3. The van der Waals surface area contributed by atoms with Crippen LogP contribution in [0, 0.1) is 0 Å². The monoisotopic (exact) mass is 178 g/mol. The molecule has 2 rings (SSSR count). The van der Waals surface area contributed by atoms with Gasteiger partial charge in [0.25, 0.3) is 5.56 Å². The Hall–Kier alpha value is -1.58. The van der Waals surface area contributed by atoms with Gasteiger partial charge in [0.15, 0.2) is 0 Å². The maximum Gasteiger partial charge on any atom is 0.284 e. The largest absolute Gasteiger partial charge is 0.448 e. The van der Waals surface area contributed by atoms with Gasteiger partial charge in [-0.1, -0.05) is 13.8 Å². The average molecular weight is 178 g/mol. The number of rotatable bonds is 1. The molecule has 2 aromatic heterocycles. The zero-order chi connectivity index (χ0) is 9.42. The van der Waals surface area contributed by atoms with Crippen molar-refractivity contribution >= 4 is 11.1 Å². The van der Waals surface area contributed by atoms with Crippen molar-refractivity contribution in [2.45, 2.75) is 19.8 Å². The summed E-state index contributed by atoms with van der Waals surface area (Å²) in [5.74, 6) is 0.856. The molecule has 1 N–H and O–H groups in total. The summed E-state index contributed by atoms with van der Waals surface area (Å²) in [6, 6.07) is 1.62. The normalized spacial score (nSPS) is 11.3. The van der Waals surface area contributed by atoms with Gasteiger partial charge in [0, 0.05) is 5.92 Å². The summed E-state index contributed by atoms with van der Waals surface area (Å²) in [5, 5.41) is 0.504. The number of hydrogen-bond donors (Lipinski definition) is 1. The fourth-order valence-corrected chi connectivity index (χ4v) is 1.16. The molecule has 0 saturated heterocycles. The Bertz CT molecular complexity index is 482. The predicted molar refractivity (Wildman–Crippen MR) is 48.7 cm³/mol. The molecular formula is C9H10N2O2. The van der Waals surface area contributed by atoms with E-state index in [1.54, 1.807) is 6.07 Å². The number of H-pyrrole nitrogens is 1. The minimum atomic E-state index is -0.230. The van der Waals surface area contributed by atoms with E-state index in [1.165, 1.54) is 6.26 Å². The Kier molecular flexibility index (Phi) is 1.69. The van der Waals surface area contributed by atoms with Crippen molar-refractivity contribution in [3.63, 3.8) is 0 Å². The Morgan fingerprint density at radius 1 is 1.54 bits per heavy atom. The number of nitrogens with one attached hydrogen (secondary N) is 1. The van der Waals surface area contributed by atoms with Crippen LogP contribution in [0.25, 0.3) is 11.1 Å². The summed E-state index contributed by atoms with van der Waals surface area (Å²) in [7, 11) is 0. The summed E-state index contributed by atoms with van der Waals surface area (Å²) >= 11 is 0. The maximum atomic E-state index is 11.4.